The van der Waals surface area contributed by atoms with Crippen molar-refractivity contribution in [1.82, 2.24) is 9.80 Å². The number of aryl methyl sites for hydroxylation is 2. The third kappa shape index (κ3) is 6.50. The van der Waals surface area contributed by atoms with Crippen molar-refractivity contribution in [2.75, 3.05) is 45.9 Å². The number of hydrogen-bond donors (Lipinski definition) is 1. The van der Waals surface area contributed by atoms with Crippen molar-refractivity contribution in [3.63, 3.8) is 0 Å². The number of piperazine rings is 1. The van der Waals surface area contributed by atoms with Crippen LogP contribution in [0.15, 0.2) is 18.2 Å². The van der Waals surface area contributed by atoms with Crippen LogP contribution in [0.5, 0.6) is 5.75 Å². The fraction of sp³-hybridized carbons (Fsp3) is 0.684. The highest BCUT2D eigenvalue weighted by Gasteiger charge is 2.19. The van der Waals surface area contributed by atoms with Gasteiger partial charge >= 0.3 is 0 Å². The maximum absolute atomic E-state index is 10.2. The molecule has 1 atom stereocenters. The summed E-state index contributed by atoms with van der Waals surface area (Å²) in [5.41, 5.74) is 2.38. The summed E-state index contributed by atoms with van der Waals surface area (Å²) in [7, 11) is 0. The van der Waals surface area contributed by atoms with Crippen molar-refractivity contribution in [3.8, 4) is 5.75 Å². The molecule has 1 aliphatic rings. The van der Waals surface area contributed by atoms with Gasteiger partial charge in [0, 0.05) is 39.3 Å². The van der Waals surface area contributed by atoms with Crippen LogP contribution in [0.3, 0.4) is 0 Å². The normalized spacial score (nSPS) is 18.3. The number of nitrogens with zero attached hydrogens (tertiary/aromatic N) is 2. The largest absolute Gasteiger partial charge is 0.491 e. The third-order valence-electron chi connectivity index (χ3n) is 4.19. The van der Waals surface area contributed by atoms with Crippen LogP contribution in [0.2, 0.25) is 0 Å². The molecule has 1 saturated heterocycles. The van der Waals surface area contributed by atoms with E-state index in [1.54, 1.807) is 0 Å². The van der Waals surface area contributed by atoms with E-state index in [2.05, 4.69) is 43.6 Å². The highest BCUT2D eigenvalue weighted by molar-refractivity contribution is 5.32. The molecule has 4 nitrogen and oxygen atoms in total. The van der Waals surface area contributed by atoms with Gasteiger partial charge in [0.1, 0.15) is 18.5 Å². The van der Waals surface area contributed by atoms with Crippen LogP contribution in [0, 0.1) is 19.8 Å². The summed E-state index contributed by atoms with van der Waals surface area (Å²) in [6.07, 6.45) is -0.438. The minimum Gasteiger partial charge on any atom is -0.491 e. The molecule has 0 radical (unpaired) electrons. The predicted octanol–water partition coefficient (Wildman–Crippen LogP) is 2.32. The molecule has 1 aliphatic heterocycles. The Balaban J connectivity index is 1.70. The zero-order chi connectivity index (χ0) is 16.8. The Kier molecular flexibility index (Phi) is 6.88. The molecule has 0 saturated carbocycles. The Morgan fingerprint density at radius 2 is 1.48 bits per heavy atom. The summed E-state index contributed by atoms with van der Waals surface area (Å²) in [6.45, 7) is 15.1. The molecule has 130 valence electrons. The summed E-state index contributed by atoms with van der Waals surface area (Å²) in [4.78, 5) is 4.85. The second kappa shape index (κ2) is 8.67. The van der Waals surface area contributed by atoms with Gasteiger partial charge in [-0.25, -0.2) is 0 Å². The van der Waals surface area contributed by atoms with Crippen molar-refractivity contribution < 1.29 is 9.84 Å². The van der Waals surface area contributed by atoms with Crippen LogP contribution < -0.4 is 4.74 Å². The molecule has 1 unspecified atom stereocenters. The van der Waals surface area contributed by atoms with E-state index in [1.165, 1.54) is 17.7 Å². The summed E-state index contributed by atoms with van der Waals surface area (Å²) in [5.74, 6) is 1.57. The molecule has 1 aromatic rings. The molecule has 0 amide bonds. The average Bonchev–Trinajstić information content (AvgIpc) is 2.46. The molecular weight excluding hydrogens is 288 g/mol. The van der Waals surface area contributed by atoms with E-state index in [0.29, 0.717) is 13.2 Å². The van der Waals surface area contributed by atoms with Crippen LogP contribution >= 0.6 is 0 Å². The van der Waals surface area contributed by atoms with E-state index >= 15 is 0 Å². The molecular formula is C19H32N2O2. The lowest BCUT2D eigenvalue weighted by Crippen LogP contribution is -2.49. The Morgan fingerprint density at radius 1 is 0.957 bits per heavy atom. The topological polar surface area (TPSA) is 35.9 Å². The van der Waals surface area contributed by atoms with Gasteiger partial charge in [0.15, 0.2) is 0 Å². The van der Waals surface area contributed by atoms with Crippen LogP contribution in [0.4, 0.5) is 0 Å². The molecule has 0 aromatic heterocycles. The molecule has 1 aromatic carbocycles. The Bertz CT molecular complexity index is 462. The highest BCUT2D eigenvalue weighted by Crippen LogP contribution is 2.16. The van der Waals surface area contributed by atoms with Gasteiger partial charge in [0.05, 0.1) is 0 Å². The second-order valence-corrected chi connectivity index (χ2v) is 7.28. The quantitative estimate of drug-likeness (QED) is 0.836. The lowest BCUT2D eigenvalue weighted by molar-refractivity contribution is 0.0440. The molecule has 1 N–H and O–H groups in total. The first kappa shape index (κ1) is 18.2. The minimum absolute atomic E-state index is 0.356. The smallest absolute Gasteiger partial charge is 0.119 e. The molecule has 0 aliphatic carbocycles. The molecule has 1 fully saturated rings. The number of benzene rings is 1. The SMILES string of the molecule is Cc1cc(C)cc(OCC(O)CN2CCN(CC(C)C)CC2)c1. The lowest BCUT2D eigenvalue weighted by atomic mass is 10.1. The summed E-state index contributed by atoms with van der Waals surface area (Å²) < 4.78 is 5.76. The molecule has 1 heterocycles. The Labute approximate surface area is 141 Å². The predicted molar refractivity (Wildman–Crippen MR) is 95.1 cm³/mol. The van der Waals surface area contributed by atoms with Gasteiger partial charge in [-0.1, -0.05) is 19.9 Å². The Hall–Kier alpha value is -1.10. The fourth-order valence-corrected chi connectivity index (χ4v) is 3.23. The van der Waals surface area contributed by atoms with E-state index in [9.17, 15) is 5.11 Å². The first-order valence-corrected chi connectivity index (χ1v) is 8.76. The van der Waals surface area contributed by atoms with Crippen LogP contribution in [0.25, 0.3) is 0 Å². The van der Waals surface area contributed by atoms with Crippen molar-refractivity contribution >= 4 is 0 Å². The van der Waals surface area contributed by atoms with Crippen LogP contribution in [0.1, 0.15) is 25.0 Å². The van der Waals surface area contributed by atoms with E-state index in [-0.39, 0.29) is 0 Å². The van der Waals surface area contributed by atoms with Crippen LogP contribution in [-0.4, -0.2) is 66.9 Å². The highest BCUT2D eigenvalue weighted by atomic mass is 16.5. The zero-order valence-corrected chi connectivity index (χ0v) is 15.1. The van der Waals surface area contributed by atoms with Gasteiger partial charge in [-0.15, -0.1) is 0 Å². The number of β-amino-alcohol motifs (C(OH)–C–C–N with tert-alkyl or cyclic N) is 1. The van der Waals surface area contributed by atoms with Gasteiger partial charge in [-0.3, -0.25) is 4.90 Å². The number of aliphatic hydroxyl groups is 1. The van der Waals surface area contributed by atoms with Crippen molar-refractivity contribution in [2.45, 2.75) is 33.8 Å². The van der Waals surface area contributed by atoms with E-state index in [0.717, 1.165) is 37.8 Å². The van der Waals surface area contributed by atoms with Gasteiger partial charge in [0.2, 0.25) is 0 Å². The summed E-state index contributed by atoms with van der Waals surface area (Å²) in [6, 6.07) is 6.16. The molecule has 23 heavy (non-hydrogen) atoms. The molecule has 0 bridgehead atoms. The average molecular weight is 320 g/mol. The van der Waals surface area contributed by atoms with Crippen LogP contribution in [-0.2, 0) is 0 Å². The van der Waals surface area contributed by atoms with Crippen molar-refractivity contribution in [2.24, 2.45) is 5.92 Å². The minimum atomic E-state index is -0.438. The van der Waals surface area contributed by atoms with Gasteiger partial charge in [-0.2, -0.15) is 0 Å². The molecule has 4 heteroatoms. The van der Waals surface area contributed by atoms with Crippen molar-refractivity contribution in [3.05, 3.63) is 29.3 Å². The molecule has 0 spiro atoms. The van der Waals surface area contributed by atoms with Gasteiger partial charge in [-0.05, 0) is 43.0 Å². The first-order valence-electron chi connectivity index (χ1n) is 8.76. The zero-order valence-electron chi connectivity index (χ0n) is 15.1. The first-order chi connectivity index (χ1) is 10.9. The number of hydrogen-bond acceptors (Lipinski definition) is 4. The standard InChI is InChI=1S/C19H32N2O2/c1-15(2)12-20-5-7-21(8-6-20)13-18(22)14-23-19-10-16(3)9-17(4)11-19/h9-11,15,18,22H,5-8,12-14H2,1-4H3. The second-order valence-electron chi connectivity index (χ2n) is 7.28. The lowest BCUT2D eigenvalue weighted by Gasteiger charge is -2.36. The van der Waals surface area contributed by atoms with Gasteiger partial charge < -0.3 is 14.7 Å². The number of rotatable bonds is 7. The number of ether oxygens (including phenoxy) is 1. The summed E-state index contributed by atoms with van der Waals surface area (Å²) >= 11 is 0. The maximum Gasteiger partial charge on any atom is 0.119 e. The van der Waals surface area contributed by atoms with E-state index in [4.69, 9.17) is 4.74 Å². The maximum atomic E-state index is 10.2. The molecule has 2 rings (SSSR count). The van der Waals surface area contributed by atoms with Crippen molar-refractivity contribution in [1.29, 1.82) is 0 Å². The number of aliphatic hydroxyl groups excluding tert-OH is 1. The van der Waals surface area contributed by atoms with Gasteiger partial charge in [0.25, 0.3) is 0 Å². The third-order valence-corrected chi connectivity index (χ3v) is 4.19. The van der Waals surface area contributed by atoms with E-state index in [1.807, 2.05) is 12.1 Å². The fourth-order valence-electron chi connectivity index (χ4n) is 3.23. The Morgan fingerprint density at radius 3 is 2.00 bits per heavy atom. The summed E-state index contributed by atoms with van der Waals surface area (Å²) in [5, 5.41) is 10.2. The van der Waals surface area contributed by atoms with E-state index < -0.39 is 6.10 Å². The monoisotopic (exact) mass is 320 g/mol.